The average molecular weight is 147 g/mol. The van der Waals surface area contributed by atoms with Crippen molar-refractivity contribution in [2.75, 3.05) is 0 Å². The fourth-order valence-corrected chi connectivity index (χ4v) is 0. The summed E-state index contributed by atoms with van der Waals surface area (Å²) in [5, 5.41) is 0. The van der Waals surface area contributed by atoms with Crippen LogP contribution < -0.4 is 0 Å². The van der Waals surface area contributed by atoms with Gasteiger partial charge in [-0.15, -0.1) is 3.89 Å². The van der Waals surface area contributed by atoms with Crippen LogP contribution in [-0.2, 0) is 9.62 Å². The number of halogens is 2. The van der Waals surface area contributed by atoms with Gasteiger partial charge in [-0.25, -0.2) is 4.21 Å². The lowest BCUT2D eigenvalue weighted by atomic mass is 16.0. The Labute approximate surface area is 33.2 Å². The van der Waals surface area contributed by atoms with Crippen LogP contribution in [0.25, 0.3) is 0 Å². The van der Waals surface area contributed by atoms with Crippen LogP contribution in [0.4, 0.5) is 3.89 Å². The van der Waals surface area contributed by atoms with Crippen molar-refractivity contribution in [1.82, 2.24) is 0 Å². The summed E-state index contributed by atoms with van der Waals surface area (Å²) in [4.78, 5) is 0. The Balaban J connectivity index is 2.80. The minimum absolute atomic E-state index is 2.08. The van der Waals surface area contributed by atoms with Crippen LogP contribution in [0.2, 0.25) is 0 Å². The molecular weight excluding hydrogens is 147 g/mol. The van der Waals surface area contributed by atoms with Gasteiger partial charge in [0.05, 0.1) is 14.8 Å². The molecule has 0 fully saturated rings. The molecule has 0 aliphatic rings. The molecule has 0 aromatic heterocycles. The minimum Gasteiger partial charge on any atom is -0.212 e. The lowest BCUT2D eigenvalue weighted by molar-refractivity contribution is 0.663. The third kappa shape index (κ3) is 19.9. The van der Waals surface area contributed by atoms with E-state index in [-0.39, 0.29) is 0 Å². The third-order valence-electron chi connectivity index (χ3n) is 0. The second kappa shape index (κ2) is 1.84. The summed E-state index contributed by atoms with van der Waals surface area (Å²) in [5.74, 6) is 0. The first-order valence-electron chi connectivity index (χ1n) is 0.475. The molecule has 0 bridgehead atoms. The Bertz CT molecular complexity index is 31.0. The van der Waals surface area contributed by atoms with Crippen molar-refractivity contribution in [3.8, 4) is 0 Å². The maximum Gasteiger partial charge on any atom is 0.267 e. The van der Waals surface area contributed by atoms with Gasteiger partial charge in [0.15, 0.2) is 0 Å². The highest BCUT2D eigenvalue weighted by molar-refractivity contribution is 9.45. The second-order valence-corrected chi connectivity index (χ2v) is 2.08. The molecule has 0 saturated carbocycles. The first-order chi connectivity index (χ1) is 1.73. The van der Waals surface area contributed by atoms with Crippen molar-refractivity contribution in [2.24, 2.45) is 0 Å². The minimum atomic E-state index is -2.30. The van der Waals surface area contributed by atoms with Gasteiger partial charge in [-0.05, 0) is 0 Å². The van der Waals surface area contributed by atoms with Crippen LogP contribution in [0.15, 0.2) is 0 Å². The van der Waals surface area contributed by atoms with Gasteiger partial charge in [0.1, 0.15) is 0 Å². The van der Waals surface area contributed by atoms with Crippen LogP contribution in [0.3, 0.4) is 0 Å². The van der Waals surface area contributed by atoms with Gasteiger partial charge >= 0.3 is 0 Å². The fraction of sp³-hybridized carbons (Fsp3) is 0. The Morgan fingerprint density at radius 2 is 2.00 bits per heavy atom. The fourth-order valence-electron chi connectivity index (χ4n) is 0. The Kier molecular flexibility index (Phi) is 2.10. The molecule has 0 N–H and O–H groups in total. The van der Waals surface area contributed by atoms with Crippen LogP contribution in [0.5, 0.6) is 0 Å². The van der Waals surface area contributed by atoms with E-state index in [0.29, 0.717) is 0 Å². The van der Waals surface area contributed by atoms with Crippen molar-refractivity contribution >= 4 is 24.4 Å². The summed E-state index contributed by atoms with van der Waals surface area (Å²) >= 11 is 2.08. The van der Waals surface area contributed by atoms with E-state index in [9.17, 15) is 3.89 Å². The molecule has 1 nitrogen and oxygen atoms in total. The van der Waals surface area contributed by atoms with E-state index in [1.54, 1.807) is 0 Å². The molecule has 4 heavy (non-hydrogen) atoms. The van der Waals surface area contributed by atoms with E-state index in [1.165, 1.54) is 0 Å². The molecule has 0 saturated heterocycles. The summed E-state index contributed by atoms with van der Waals surface area (Å²) in [6.07, 6.45) is 0. The molecule has 0 amide bonds. The topological polar surface area (TPSA) is 17.1 Å². The van der Waals surface area contributed by atoms with Gasteiger partial charge in [0.2, 0.25) is 0 Å². The Morgan fingerprint density at radius 1 is 2.00 bits per heavy atom. The normalized spacial score (nSPS) is 15.5. The van der Waals surface area contributed by atoms with E-state index < -0.39 is 9.62 Å². The van der Waals surface area contributed by atoms with Gasteiger partial charge in [-0.3, -0.25) is 0 Å². The zero-order valence-electron chi connectivity index (χ0n) is 1.57. The van der Waals surface area contributed by atoms with Gasteiger partial charge in [0, 0.05) is 0 Å². The first kappa shape index (κ1) is 4.56. The lowest BCUT2D eigenvalue weighted by Gasteiger charge is -1.49. The smallest absolute Gasteiger partial charge is 0.212 e. The van der Waals surface area contributed by atoms with Crippen molar-refractivity contribution in [3.63, 3.8) is 0 Å². The summed E-state index contributed by atoms with van der Waals surface area (Å²) in [7, 11) is -2.30. The molecular formula is BrFOS. The number of hydrogen-bond donors (Lipinski definition) is 0. The van der Waals surface area contributed by atoms with Gasteiger partial charge < -0.3 is 0 Å². The largest absolute Gasteiger partial charge is 0.267 e. The second-order valence-electron chi connectivity index (χ2n) is 0.184. The predicted octanol–water partition coefficient (Wildman–Crippen LogP) is 0.929. The average Bonchev–Trinajstić information content (AvgIpc) is 0.811. The molecule has 0 rings (SSSR count). The standard InChI is InChI=1S/BrFOS/c1-4(2)3. The lowest BCUT2D eigenvalue weighted by Crippen LogP contribution is -1.43. The van der Waals surface area contributed by atoms with Crippen LogP contribution >= 0.6 is 14.8 Å². The molecule has 0 aliphatic heterocycles. The van der Waals surface area contributed by atoms with Gasteiger partial charge in [-0.2, -0.15) is 0 Å². The highest BCUT2D eigenvalue weighted by Crippen LogP contribution is 1.88. The van der Waals surface area contributed by atoms with Crippen LogP contribution in [0.1, 0.15) is 0 Å². The summed E-state index contributed by atoms with van der Waals surface area (Å²) in [5.41, 5.74) is 0. The summed E-state index contributed by atoms with van der Waals surface area (Å²) in [6, 6.07) is 0. The first-order valence-corrected chi connectivity index (χ1v) is 3.37. The van der Waals surface area contributed by atoms with Crippen LogP contribution in [-0.4, -0.2) is 4.21 Å². The van der Waals surface area contributed by atoms with Crippen LogP contribution in [0, 0.1) is 0 Å². The monoisotopic (exact) mass is 146 g/mol. The molecule has 0 aliphatic carbocycles. The molecule has 1 unspecified atom stereocenters. The molecule has 0 spiro atoms. The molecule has 26 valence electrons. The van der Waals surface area contributed by atoms with E-state index in [2.05, 4.69) is 14.8 Å². The molecule has 4 heteroatoms. The van der Waals surface area contributed by atoms with E-state index >= 15 is 0 Å². The Hall–Kier alpha value is 0.560. The summed E-state index contributed by atoms with van der Waals surface area (Å²) < 4.78 is 19.2. The van der Waals surface area contributed by atoms with E-state index in [0.717, 1.165) is 0 Å². The van der Waals surface area contributed by atoms with Crippen molar-refractivity contribution in [2.45, 2.75) is 0 Å². The maximum absolute atomic E-state index is 10.4. The van der Waals surface area contributed by atoms with E-state index in [4.69, 9.17) is 4.21 Å². The number of rotatable bonds is 0. The quantitative estimate of drug-likeness (QED) is 0.465. The third-order valence-corrected chi connectivity index (χ3v) is 0. The van der Waals surface area contributed by atoms with Crippen molar-refractivity contribution < 1.29 is 8.09 Å². The molecule has 0 aromatic rings. The number of hydrogen-bond acceptors (Lipinski definition) is 1. The highest BCUT2D eigenvalue weighted by Gasteiger charge is 1.70. The van der Waals surface area contributed by atoms with Crippen molar-refractivity contribution in [3.05, 3.63) is 0 Å². The van der Waals surface area contributed by atoms with Gasteiger partial charge in [0.25, 0.3) is 9.62 Å². The highest BCUT2D eigenvalue weighted by atomic mass is 79.9. The Morgan fingerprint density at radius 3 is 2.00 bits per heavy atom. The van der Waals surface area contributed by atoms with E-state index in [1.807, 2.05) is 0 Å². The predicted molar refractivity (Wildman–Crippen MR) is 18.2 cm³/mol. The molecule has 0 heterocycles. The molecule has 0 aromatic carbocycles. The van der Waals surface area contributed by atoms with Gasteiger partial charge in [-0.1, -0.05) is 0 Å². The zero-order chi connectivity index (χ0) is 3.58. The SMILES string of the molecule is O=S(F)Br. The van der Waals surface area contributed by atoms with Crippen molar-refractivity contribution in [1.29, 1.82) is 0 Å². The molecule has 1 atom stereocenters. The summed E-state index contributed by atoms with van der Waals surface area (Å²) in [6.45, 7) is 0. The molecule has 0 radical (unpaired) electrons. The maximum atomic E-state index is 10.4. The zero-order valence-corrected chi connectivity index (χ0v) is 3.97.